The summed E-state index contributed by atoms with van der Waals surface area (Å²) in [5.41, 5.74) is 0.832. The van der Waals surface area contributed by atoms with Crippen LogP contribution in [0.1, 0.15) is 52.3 Å². The lowest BCUT2D eigenvalue weighted by atomic mass is 10.2. The number of sulfonamides is 1. The molecular formula is C14H25ClN2O2S. The second-order valence-corrected chi connectivity index (χ2v) is 7.56. The van der Waals surface area contributed by atoms with Gasteiger partial charge in [-0.15, -0.1) is 11.6 Å². The Morgan fingerprint density at radius 2 is 1.85 bits per heavy atom. The first-order valence-electron chi connectivity index (χ1n) is 7.04. The largest absolute Gasteiger partial charge is 0.346 e. The van der Waals surface area contributed by atoms with Crippen LogP contribution < -0.4 is 0 Å². The molecule has 0 saturated carbocycles. The summed E-state index contributed by atoms with van der Waals surface area (Å²) >= 11 is 5.91. The number of aromatic nitrogens is 1. The van der Waals surface area contributed by atoms with E-state index in [4.69, 9.17) is 11.6 Å². The van der Waals surface area contributed by atoms with Crippen molar-refractivity contribution in [1.29, 1.82) is 0 Å². The maximum absolute atomic E-state index is 12.7. The molecule has 0 amide bonds. The van der Waals surface area contributed by atoms with Crippen LogP contribution in [0.25, 0.3) is 0 Å². The molecular weight excluding hydrogens is 296 g/mol. The highest BCUT2D eigenvalue weighted by molar-refractivity contribution is 7.89. The maximum atomic E-state index is 12.7. The van der Waals surface area contributed by atoms with Gasteiger partial charge in [-0.25, -0.2) is 8.42 Å². The Morgan fingerprint density at radius 3 is 2.20 bits per heavy atom. The molecule has 0 bridgehead atoms. The van der Waals surface area contributed by atoms with E-state index in [2.05, 4.69) is 0 Å². The highest BCUT2D eigenvalue weighted by Gasteiger charge is 2.28. The summed E-state index contributed by atoms with van der Waals surface area (Å²) in [5, 5.41) is 0. The molecule has 0 spiro atoms. The molecule has 0 saturated heterocycles. The van der Waals surface area contributed by atoms with Gasteiger partial charge in [0.05, 0.1) is 5.88 Å². The number of halogens is 1. The lowest BCUT2D eigenvalue weighted by molar-refractivity contribution is 0.349. The second-order valence-electron chi connectivity index (χ2n) is 5.29. The van der Waals surface area contributed by atoms with Crippen molar-refractivity contribution in [2.45, 2.75) is 63.4 Å². The van der Waals surface area contributed by atoms with Gasteiger partial charge < -0.3 is 4.57 Å². The van der Waals surface area contributed by atoms with Crippen molar-refractivity contribution in [3.8, 4) is 0 Å². The first-order chi connectivity index (χ1) is 9.29. The zero-order valence-electron chi connectivity index (χ0n) is 12.9. The van der Waals surface area contributed by atoms with Crippen LogP contribution in [-0.2, 0) is 15.9 Å². The number of alkyl halides is 1. The molecule has 0 fully saturated rings. The van der Waals surface area contributed by atoms with Gasteiger partial charge in [0.15, 0.2) is 0 Å². The zero-order valence-corrected chi connectivity index (χ0v) is 14.5. The van der Waals surface area contributed by atoms with E-state index in [0.29, 0.717) is 10.8 Å². The smallest absolute Gasteiger partial charge is 0.244 e. The molecule has 1 heterocycles. The molecule has 0 aliphatic carbocycles. The van der Waals surface area contributed by atoms with Crippen molar-refractivity contribution in [3.05, 3.63) is 18.0 Å². The summed E-state index contributed by atoms with van der Waals surface area (Å²) in [6, 6.07) is 1.90. The fourth-order valence-corrected chi connectivity index (χ4v) is 4.16. The lowest BCUT2D eigenvalue weighted by Crippen LogP contribution is -2.36. The summed E-state index contributed by atoms with van der Waals surface area (Å²) in [5.74, 6) is 0.308. The van der Waals surface area contributed by atoms with Crippen LogP contribution in [0.2, 0.25) is 0 Å². The molecule has 0 aromatic carbocycles. The molecule has 116 valence electrons. The number of hydrogen-bond donors (Lipinski definition) is 0. The van der Waals surface area contributed by atoms with Crippen LogP contribution in [0, 0.1) is 0 Å². The highest BCUT2D eigenvalue weighted by Crippen LogP contribution is 2.24. The first kappa shape index (κ1) is 17.5. The number of nitrogens with zero attached hydrogens (tertiary/aromatic N) is 2. The average molecular weight is 321 g/mol. The van der Waals surface area contributed by atoms with Crippen molar-refractivity contribution in [3.63, 3.8) is 0 Å². The first-order valence-corrected chi connectivity index (χ1v) is 9.01. The van der Waals surface area contributed by atoms with Crippen molar-refractivity contribution in [2.75, 3.05) is 7.05 Å². The minimum absolute atomic E-state index is 0.0295. The maximum Gasteiger partial charge on any atom is 0.244 e. The van der Waals surface area contributed by atoms with Gasteiger partial charge in [0.1, 0.15) is 4.90 Å². The van der Waals surface area contributed by atoms with E-state index in [1.807, 2.05) is 32.3 Å². The average Bonchev–Trinajstić information content (AvgIpc) is 2.84. The summed E-state index contributed by atoms with van der Waals surface area (Å²) < 4.78 is 28.7. The fraction of sp³-hybridized carbons (Fsp3) is 0.714. The fourth-order valence-electron chi connectivity index (χ4n) is 2.39. The van der Waals surface area contributed by atoms with Crippen LogP contribution in [0.4, 0.5) is 0 Å². The molecule has 4 nitrogen and oxygen atoms in total. The van der Waals surface area contributed by atoms with E-state index in [0.717, 1.165) is 18.5 Å². The highest BCUT2D eigenvalue weighted by atomic mass is 35.5. The van der Waals surface area contributed by atoms with E-state index in [1.54, 1.807) is 19.3 Å². The van der Waals surface area contributed by atoms with Crippen molar-refractivity contribution in [1.82, 2.24) is 8.87 Å². The van der Waals surface area contributed by atoms with Crippen LogP contribution in [0.5, 0.6) is 0 Å². The molecule has 20 heavy (non-hydrogen) atoms. The third kappa shape index (κ3) is 3.38. The predicted molar refractivity (Wildman–Crippen MR) is 83.7 cm³/mol. The monoisotopic (exact) mass is 320 g/mol. The Kier molecular flexibility index (Phi) is 6.10. The van der Waals surface area contributed by atoms with E-state index < -0.39 is 10.0 Å². The van der Waals surface area contributed by atoms with Crippen LogP contribution >= 0.6 is 11.6 Å². The molecule has 0 N–H and O–H groups in total. The molecule has 0 atom stereocenters. The van der Waals surface area contributed by atoms with Crippen molar-refractivity contribution >= 4 is 21.6 Å². The van der Waals surface area contributed by atoms with Gasteiger partial charge in [-0.2, -0.15) is 4.31 Å². The topological polar surface area (TPSA) is 42.3 Å². The van der Waals surface area contributed by atoms with Gasteiger partial charge in [0.25, 0.3) is 0 Å². The SMILES string of the molecule is CCC(CC)N(C)S(=O)(=O)c1cc(CCl)n(C(C)C)c1. The van der Waals surface area contributed by atoms with E-state index >= 15 is 0 Å². The Hall–Kier alpha value is -0.520. The Labute approximate surface area is 127 Å². The van der Waals surface area contributed by atoms with Crippen LogP contribution in [0.3, 0.4) is 0 Å². The van der Waals surface area contributed by atoms with Gasteiger partial charge in [-0.05, 0) is 32.8 Å². The summed E-state index contributed by atoms with van der Waals surface area (Å²) in [7, 11) is -1.80. The Morgan fingerprint density at radius 1 is 1.30 bits per heavy atom. The van der Waals surface area contributed by atoms with Gasteiger partial charge >= 0.3 is 0 Å². The van der Waals surface area contributed by atoms with Crippen LogP contribution in [-0.4, -0.2) is 30.4 Å². The van der Waals surface area contributed by atoms with E-state index in [1.165, 1.54) is 4.31 Å². The standard InChI is InChI=1S/C14H25ClN2O2S/c1-6-12(7-2)16(5)20(18,19)14-8-13(9-15)17(10-14)11(3)4/h8,10-12H,6-7,9H2,1-5H3. The minimum atomic E-state index is -3.45. The van der Waals surface area contributed by atoms with E-state index in [9.17, 15) is 8.42 Å². The lowest BCUT2D eigenvalue weighted by Gasteiger charge is -2.25. The summed E-state index contributed by atoms with van der Waals surface area (Å²) in [6.45, 7) is 8.03. The Bertz CT molecular complexity index is 533. The minimum Gasteiger partial charge on any atom is -0.346 e. The quantitative estimate of drug-likeness (QED) is 0.720. The van der Waals surface area contributed by atoms with Gasteiger partial charge in [-0.1, -0.05) is 13.8 Å². The van der Waals surface area contributed by atoms with Gasteiger partial charge in [0.2, 0.25) is 10.0 Å². The molecule has 1 rings (SSSR count). The molecule has 1 aromatic rings. The summed E-state index contributed by atoms with van der Waals surface area (Å²) in [4.78, 5) is 0.330. The zero-order chi connectivity index (χ0) is 15.5. The molecule has 0 aliphatic heterocycles. The summed E-state index contributed by atoms with van der Waals surface area (Å²) in [6.07, 6.45) is 3.30. The van der Waals surface area contributed by atoms with Gasteiger partial charge in [-0.3, -0.25) is 0 Å². The molecule has 0 radical (unpaired) electrons. The second kappa shape index (κ2) is 6.96. The van der Waals surface area contributed by atoms with Crippen molar-refractivity contribution < 1.29 is 8.42 Å². The third-order valence-electron chi connectivity index (χ3n) is 3.73. The van der Waals surface area contributed by atoms with E-state index in [-0.39, 0.29) is 12.1 Å². The molecule has 0 unspecified atom stereocenters. The van der Waals surface area contributed by atoms with Gasteiger partial charge in [0, 0.05) is 31.0 Å². The molecule has 0 aliphatic rings. The normalized spacial score (nSPS) is 12.8. The van der Waals surface area contributed by atoms with Crippen LogP contribution in [0.15, 0.2) is 17.2 Å². The predicted octanol–water partition coefficient (Wildman–Crippen LogP) is 3.62. The number of rotatable bonds is 7. The third-order valence-corrected chi connectivity index (χ3v) is 5.88. The van der Waals surface area contributed by atoms with Crippen molar-refractivity contribution in [2.24, 2.45) is 0 Å². The Balaban J connectivity index is 3.22. The number of hydrogen-bond acceptors (Lipinski definition) is 2. The molecule has 6 heteroatoms. The molecule has 1 aromatic heterocycles.